The van der Waals surface area contributed by atoms with Gasteiger partial charge in [-0.25, -0.2) is 0 Å². The monoisotopic (exact) mass is 236 g/mol. The summed E-state index contributed by atoms with van der Waals surface area (Å²) in [7, 11) is 0. The standard InChI is InChI=1S/C7H6F6O2/c8-6(9,10)5(7(11,12)13)3-1-2-14-4(3)15-5/h3-4H,1-2H2. The van der Waals surface area contributed by atoms with Gasteiger partial charge in [-0.2, -0.15) is 26.3 Å². The number of fused-ring (bicyclic) bond motifs is 1. The summed E-state index contributed by atoms with van der Waals surface area (Å²) in [6, 6.07) is 0. The van der Waals surface area contributed by atoms with Crippen molar-refractivity contribution in [3.8, 4) is 0 Å². The molecular formula is C7H6F6O2. The molecule has 88 valence electrons. The van der Waals surface area contributed by atoms with Gasteiger partial charge in [0.1, 0.15) is 0 Å². The van der Waals surface area contributed by atoms with Gasteiger partial charge in [-0.1, -0.05) is 0 Å². The van der Waals surface area contributed by atoms with Gasteiger partial charge in [0.25, 0.3) is 5.60 Å². The van der Waals surface area contributed by atoms with Gasteiger partial charge < -0.3 is 9.47 Å². The summed E-state index contributed by atoms with van der Waals surface area (Å²) in [5.74, 6) is -1.67. The molecule has 2 fully saturated rings. The van der Waals surface area contributed by atoms with Gasteiger partial charge in [0.15, 0.2) is 6.29 Å². The summed E-state index contributed by atoms with van der Waals surface area (Å²) in [4.78, 5) is 0. The third-order valence-electron chi connectivity index (χ3n) is 2.71. The zero-order valence-corrected chi connectivity index (χ0v) is 7.15. The van der Waals surface area contributed by atoms with E-state index in [0.717, 1.165) is 0 Å². The van der Waals surface area contributed by atoms with Crippen LogP contribution in [-0.2, 0) is 9.47 Å². The van der Waals surface area contributed by atoms with Crippen LogP contribution in [0, 0.1) is 5.92 Å². The van der Waals surface area contributed by atoms with E-state index in [2.05, 4.69) is 9.47 Å². The molecule has 0 radical (unpaired) electrons. The van der Waals surface area contributed by atoms with Crippen LogP contribution < -0.4 is 0 Å². The molecular weight excluding hydrogens is 230 g/mol. The zero-order chi connectivity index (χ0) is 11.5. The summed E-state index contributed by atoms with van der Waals surface area (Å²) in [6.45, 7) is -0.136. The molecule has 0 N–H and O–H groups in total. The van der Waals surface area contributed by atoms with Crippen LogP contribution in [0.4, 0.5) is 26.3 Å². The van der Waals surface area contributed by atoms with Gasteiger partial charge in [-0.05, 0) is 6.42 Å². The fraction of sp³-hybridized carbons (Fsp3) is 1.00. The first kappa shape index (κ1) is 11.0. The molecule has 2 unspecified atom stereocenters. The predicted molar refractivity (Wildman–Crippen MR) is 33.8 cm³/mol. The van der Waals surface area contributed by atoms with Crippen LogP contribution in [0.15, 0.2) is 0 Å². The number of hydrogen-bond donors (Lipinski definition) is 0. The fourth-order valence-corrected chi connectivity index (χ4v) is 1.99. The van der Waals surface area contributed by atoms with Gasteiger partial charge in [-0.15, -0.1) is 0 Å². The highest BCUT2D eigenvalue weighted by molar-refractivity contribution is 5.10. The van der Waals surface area contributed by atoms with Crippen molar-refractivity contribution in [2.24, 2.45) is 5.92 Å². The van der Waals surface area contributed by atoms with E-state index in [1.165, 1.54) is 0 Å². The minimum atomic E-state index is -5.46. The van der Waals surface area contributed by atoms with Crippen molar-refractivity contribution in [3.05, 3.63) is 0 Å². The molecule has 2 saturated heterocycles. The lowest BCUT2D eigenvalue weighted by Gasteiger charge is -2.51. The Morgan fingerprint density at radius 1 is 1.00 bits per heavy atom. The molecule has 0 bridgehead atoms. The second kappa shape index (κ2) is 2.79. The van der Waals surface area contributed by atoms with Crippen LogP contribution in [0.25, 0.3) is 0 Å². The van der Waals surface area contributed by atoms with Gasteiger partial charge in [0.05, 0.1) is 12.5 Å². The number of rotatable bonds is 0. The van der Waals surface area contributed by atoms with Gasteiger partial charge >= 0.3 is 12.4 Å². The van der Waals surface area contributed by atoms with Crippen molar-refractivity contribution in [1.82, 2.24) is 0 Å². The highest BCUT2D eigenvalue weighted by Crippen LogP contribution is 2.61. The maximum Gasteiger partial charge on any atom is 0.427 e. The molecule has 0 amide bonds. The van der Waals surface area contributed by atoms with E-state index in [1.54, 1.807) is 0 Å². The maximum absolute atomic E-state index is 12.4. The quantitative estimate of drug-likeness (QED) is 0.600. The Bertz CT molecular complexity index is 256. The second-order valence-electron chi connectivity index (χ2n) is 3.48. The number of alkyl halides is 6. The molecule has 2 nitrogen and oxygen atoms in total. The minimum Gasteiger partial charge on any atom is -0.352 e. The number of ether oxygens (including phenoxy) is 2. The van der Waals surface area contributed by atoms with Crippen LogP contribution in [0.1, 0.15) is 6.42 Å². The number of halogens is 6. The lowest BCUT2D eigenvalue weighted by molar-refractivity contribution is -0.484. The Labute approximate surface area is 80.1 Å². The smallest absolute Gasteiger partial charge is 0.352 e. The summed E-state index contributed by atoms with van der Waals surface area (Å²) in [6.07, 6.45) is -12.6. The molecule has 2 heterocycles. The molecule has 0 aromatic rings. The van der Waals surface area contributed by atoms with Crippen molar-refractivity contribution < 1.29 is 35.8 Å². The van der Waals surface area contributed by atoms with Gasteiger partial charge in [0.2, 0.25) is 0 Å². The van der Waals surface area contributed by atoms with Gasteiger partial charge in [-0.3, -0.25) is 0 Å². The van der Waals surface area contributed by atoms with Crippen LogP contribution in [-0.4, -0.2) is 30.9 Å². The highest BCUT2D eigenvalue weighted by Gasteiger charge is 2.83. The van der Waals surface area contributed by atoms with E-state index in [1.807, 2.05) is 0 Å². The predicted octanol–water partition coefficient (Wildman–Crippen LogP) is 2.24. The molecule has 2 aliphatic rings. The largest absolute Gasteiger partial charge is 0.427 e. The second-order valence-corrected chi connectivity index (χ2v) is 3.48. The Morgan fingerprint density at radius 2 is 1.53 bits per heavy atom. The molecule has 2 atom stereocenters. The summed E-state index contributed by atoms with van der Waals surface area (Å²) in [5, 5.41) is 0. The molecule has 0 aromatic heterocycles. The van der Waals surface area contributed by atoms with E-state index in [-0.39, 0.29) is 13.0 Å². The van der Waals surface area contributed by atoms with Crippen LogP contribution in [0.3, 0.4) is 0 Å². The molecule has 0 saturated carbocycles. The molecule has 0 aliphatic carbocycles. The Morgan fingerprint density at radius 3 is 1.93 bits per heavy atom. The molecule has 2 rings (SSSR count). The van der Waals surface area contributed by atoms with Crippen molar-refractivity contribution in [3.63, 3.8) is 0 Å². The fourth-order valence-electron chi connectivity index (χ4n) is 1.99. The van der Waals surface area contributed by atoms with E-state index < -0.39 is 30.2 Å². The summed E-state index contributed by atoms with van der Waals surface area (Å²) in [5.41, 5.74) is -4.03. The molecule has 15 heavy (non-hydrogen) atoms. The van der Waals surface area contributed by atoms with Gasteiger partial charge in [0, 0.05) is 0 Å². The lowest BCUT2D eigenvalue weighted by atomic mass is 9.79. The van der Waals surface area contributed by atoms with Crippen molar-refractivity contribution >= 4 is 0 Å². The highest BCUT2D eigenvalue weighted by atomic mass is 19.4. The molecule has 0 aromatic carbocycles. The molecule has 8 heteroatoms. The van der Waals surface area contributed by atoms with E-state index in [0.29, 0.717) is 0 Å². The lowest BCUT2D eigenvalue weighted by Crippen LogP contribution is -2.73. The van der Waals surface area contributed by atoms with Crippen molar-refractivity contribution in [2.45, 2.75) is 30.7 Å². The third kappa shape index (κ3) is 1.20. The van der Waals surface area contributed by atoms with Crippen molar-refractivity contribution in [1.29, 1.82) is 0 Å². The first-order valence-corrected chi connectivity index (χ1v) is 4.13. The first-order chi connectivity index (χ1) is 6.70. The third-order valence-corrected chi connectivity index (χ3v) is 2.71. The Hall–Kier alpha value is -0.500. The van der Waals surface area contributed by atoms with Crippen LogP contribution in [0.5, 0.6) is 0 Å². The molecule has 2 aliphatic heterocycles. The zero-order valence-electron chi connectivity index (χ0n) is 7.15. The van der Waals surface area contributed by atoms with Crippen molar-refractivity contribution in [2.75, 3.05) is 6.61 Å². The topological polar surface area (TPSA) is 18.5 Å². The normalized spacial score (nSPS) is 34.8. The van der Waals surface area contributed by atoms with E-state index in [9.17, 15) is 26.3 Å². The van der Waals surface area contributed by atoms with E-state index in [4.69, 9.17) is 0 Å². The minimum absolute atomic E-state index is 0.136. The van der Waals surface area contributed by atoms with Crippen LogP contribution >= 0.6 is 0 Å². The Balaban J connectivity index is 2.35. The summed E-state index contributed by atoms with van der Waals surface area (Å²) < 4.78 is 82.8. The average Bonchev–Trinajstić information content (AvgIpc) is 2.26. The Kier molecular flexibility index (Phi) is 2.05. The van der Waals surface area contributed by atoms with Crippen LogP contribution in [0.2, 0.25) is 0 Å². The number of hydrogen-bond acceptors (Lipinski definition) is 2. The maximum atomic E-state index is 12.4. The SMILES string of the molecule is FC(F)(F)C1(C(F)(F)F)OC2OCCC21. The average molecular weight is 236 g/mol. The summed E-state index contributed by atoms with van der Waals surface area (Å²) >= 11 is 0. The first-order valence-electron chi connectivity index (χ1n) is 4.13. The molecule has 0 spiro atoms. The van der Waals surface area contributed by atoms with E-state index >= 15 is 0 Å².